The Balaban J connectivity index is 2.05. The van der Waals surface area contributed by atoms with E-state index in [-0.39, 0.29) is 0 Å². The molecule has 0 saturated heterocycles. The normalized spacial score (nSPS) is 10.6. The molecule has 8 heteroatoms. The third-order valence-corrected chi connectivity index (χ3v) is 2.78. The minimum Gasteiger partial charge on any atom is -0.383 e. The Labute approximate surface area is 122 Å². The molecule has 108 valence electrons. The van der Waals surface area contributed by atoms with E-state index in [1.807, 2.05) is 13.1 Å². The predicted molar refractivity (Wildman–Crippen MR) is 78.6 cm³/mol. The fraction of sp³-hybridized carbons (Fsp3) is 0.417. The minimum atomic E-state index is 0.469. The van der Waals surface area contributed by atoms with E-state index < -0.39 is 0 Å². The summed E-state index contributed by atoms with van der Waals surface area (Å²) in [6.07, 6.45) is 5.13. The van der Waals surface area contributed by atoms with Crippen molar-refractivity contribution in [1.29, 1.82) is 0 Å². The Morgan fingerprint density at radius 3 is 3.00 bits per heavy atom. The second-order valence-corrected chi connectivity index (χ2v) is 4.44. The molecule has 20 heavy (non-hydrogen) atoms. The molecule has 2 aromatic heterocycles. The lowest BCUT2D eigenvalue weighted by molar-refractivity contribution is 0.183. The number of aromatic nitrogens is 4. The smallest absolute Gasteiger partial charge is 0.229 e. The number of rotatable bonds is 7. The van der Waals surface area contributed by atoms with Gasteiger partial charge in [0, 0.05) is 19.9 Å². The zero-order valence-electron chi connectivity index (χ0n) is 11.4. The molecular formula is C12H17ClN6O. The van der Waals surface area contributed by atoms with Gasteiger partial charge in [-0.1, -0.05) is 11.6 Å². The van der Waals surface area contributed by atoms with Crippen LogP contribution < -0.4 is 10.6 Å². The molecule has 0 unspecified atom stereocenters. The van der Waals surface area contributed by atoms with Crippen molar-refractivity contribution in [3.8, 4) is 0 Å². The summed E-state index contributed by atoms with van der Waals surface area (Å²) in [5, 5.41) is 10.9. The zero-order chi connectivity index (χ0) is 14.4. The number of halogens is 1. The van der Waals surface area contributed by atoms with Gasteiger partial charge in [-0.3, -0.25) is 4.68 Å². The van der Waals surface area contributed by atoms with E-state index in [9.17, 15) is 0 Å². The molecule has 2 aromatic rings. The maximum atomic E-state index is 5.99. The van der Waals surface area contributed by atoms with E-state index in [0.29, 0.717) is 29.9 Å². The quantitative estimate of drug-likeness (QED) is 0.815. The standard InChI is InChI=1S/C12H17ClN6O/c1-3-14-11-10(13)7-15-12(18-11)17-9-6-16-19(8-9)4-5-20-2/h6-8H,3-5H2,1-2H3,(H2,14,15,17,18). The summed E-state index contributed by atoms with van der Waals surface area (Å²) in [6.45, 7) is 4.03. The zero-order valence-corrected chi connectivity index (χ0v) is 12.2. The van der Waals surface area contributed by atoms with Crippen molar-refractivity contribution >= 4 is 29.1 Å². The highest BCUT2D eigenvalue weighted by Gasteiger charge is 2.06. The summed E-state index contributed by atoms with van der Waals surface area (Å²) in [7, 11) is 1.66. The van der Waals surface area contributed by atoms with Crippen molar-refractivity contribution in [3.63, 3.8) is 0 Å². The minimum absolute atomic E-state index is 0.469. The highest BCUT2D eigenvalue weighted by Crippen LogP contribution is 2.20. The second kappa shape index (κ2) is 7.06. The largest absolute Gasteiger partial charge is 0.383 e. The van der Waals surface area contributed by atoms with Crippen molar-refractivity contribution in [1.82, 2.24) is 19.7 Å². The average molecular weight is 297 g/mol. The van der Waals surface area contributed by atoms with E-state index in [1.54, 1.807) is 24.2 Å². The Morgan fingerprint density at radius 1 is 1.40 bits per heavy atom. The van der Waals surface area contributed by atoms with Crippen LogP contribution in [-0.4, -0.2) is 40.0 Å². The fourth-order valence-corrected chi connectivity index (χ4v) is 1.74. The molecule has 0 aliphatic rings. The Morgan fingerprint density at radius 2 is 2.25 bits per heavy atom. The lowest BCUT2D eigenvalue weighted by atomic mass is 10.5. The molecular weight excluding hydrogens is 280 g/mol. The van der Waals surface area contributed by atoms with Crippen LogP contribution in [0.1, 0.15) is 6.92 Å². The topological polar surface area (TPSA) is 76.9 Å². The number of nitrogens with zero attached hydrogens (tertiary/aromatic N) is 4. The molecule has 0 aliphatic carbocycles. The van der Waals surface area contributed by atoms with Crippen LogP contribution in [0.5, 0.6) is 0 Å². The van der Waals surface area contributed by atoms with Crippen LogP contribution in [0.3, 0.4) is 0 Å². The van der Waals surface area contributed by atoms with Crippen molar-refractivity contribution in [3.05, 3.63) is 23.6 Å². The van der Waals surface area contributed by atoms with Gasteiger partial charge in [0.25, 0.3) is 0 Å². The van der Waals surface area contributed by atoms with E-state index in [4.69, 9.17) is 16.3 Å². The lowest BCUT2D eigenvalue weighted by Gasteiger charge is -2.07. The third kappa shape index (κ3) is 3.82. The maximum Gasteiger partial charge on any atom is 0.229 e. The van der Waals surface area contributed by atoms with Crippen molar-refractivity contribution in [2.24, 2.45) is 0 Å². The molecule has 0 aliphatic heterocycles. The Bertz CT molecular complexity index is 559. The SMILES string of the molecule is CCNc1nc(Nc2cnn(CCOC)c2)ncc1Cl. The molecule has 2 N–H and O–H groups in total. The first kappa shape index (κ1) is 14.5. The van der Waals surface area contributed by atoms with Crippen LogP contribution in [0.15, 0.2) is 18.6 Å². The fourth-order valence-electron chi connectivity index (χ4n) is 1.58. The van der Waals surface area contributed by atoms with Gasteiger partial charge in [0.1, 0.15) is 10.8 Å². The molecule has 0 aromatic carbocycles. The number of hydrogen-bond acceptors (Lipinski definition) is 6. The van der Waals surface area contributed by atoms with Crippen LogP contribution in [-0.2, 0) is 11.3 Å². The molecule has 2 rings (SSSR count). The van der Waals surface area contributed by atoms with Crippen LogP contribution in [0.2, 0.25) is 5.02 Å². The summed E-state index contributed by atoms with van der Waals surface area (Å²) in [5.74, 6) is 1.08. The van der Waals surface area contributed by atoms with E-state index in [2.05, 4.69) is 25.7 Å². The molecule has 0 atom stereocenters. The first-order chi connectivity index (χ1) is 9.72. The number of ether oxygens (including phenoxy) is 1. The van der Waals surface area contributed by atoms with Gasteiger partial charge in [0.05, 0.1) is 31.2 Å². The van der Waals surface area contributed by atoms with Gasteiger partial charge in [-0.15, -0.1) is 0 Å². The van der Waals surface area contributed by atoms with Crippen molar-refractivity contribution < 1.29 is 4.74 Å². The lowest BCUT2D eigenvalue weighted by Crippen LogP contribution is -2.05. The second-order valence-electron chi connectivity index (χ2n) is 4.03. The molecule has 7 nitrogen and oxygen atoms in total. The van der Waals surface area contributed by atoms with Gasteiger partial charge in [-0.2, -0.15) is 10.1 Å². The highest BCUT2D eigenvalue weighted by molar-refractivity contribution is 6.32. The van der Waals surface area contributed by atoms with Crippen LogP contribution in [0.25, 0.3) is 0 Å². The summed E-state index contributed by atoms with van der Waals surface area (Å²) < 4.78 is 6.78. The number of methoxy groups -OCH3 is 1. The van der Waals surface area contributed by atoms with Crippen LogP contribution in [0, 0.1) is 0 Å². The number of hydrogen-bond donors (Lipinski definition) is 2. The van der Waals surface area contributed by atoms with Gasteiger partial charge >= 0.3 is 0 Å². The van der Waals surface area contributed by atoms with E-state index in [0.717, 1.165) is 12.2 Å². The van der Waals surface area contributed by atoms with Gasteiger partial charge in [0.2, 0.25) is 5.95 Å². The first-order valence-corrected chi connectivity index (χ1v) is 6.65. The molecule has 2 heterocycles. The van der Waals surface area contributed by atoms with Gasteiger partial charge in [-0.25, -0.2) is 4.98 Å². The van der Waals surface area contributed by atoms with Gasteiger partial charge < -0.3 is 15.4 Å². The summed E-state index contributed by atoms with van der Waals surface area (Å²) in [4.78, 5) is 8.43. The summed E-state index contributed by atoms with van der Waals surface area (Å²) in [5.41, 5.74) is 0.811. The summed E-state index contributed by atoms with van der Waals surface area (Å²) in [6, 6.07) is 0. The van der Waals surface area contributed by atoms with E-state index >= 15 is 0 Å². The number of anilines is 3. The molecule has 0 fully saturated rings. The number of nitrogens with one attached hydrogen (secondary N) is 2. The molecule has 0 saturated carbocycles. The average Bonchev–Trinajstić information content (AvgIpc) is 2.88. The van der Waals surface area contributed by atoms with Crippen LogP contribution >= 0.6 is 11.6 Å². The van der Waals surface area contributed by atoms with Crippen molar-refractivity contribution in [2.75, 3.05) is 30.9 Å². The first-order valence-electron chi connectivity index (χ1n) is 6.27. The molecule has 0 amide bonds. The summed E-state index contributed by atoms with van der Waals surface area (Å²) >= 11 is 5.99. The van der Waals surface area contributed by atoms with Gasteiger partial charge in [-0.05, 0) is 6.92 Å². The monoisotopic (exact) mass is 296 g/mol. The Hall–Kier alpha value is -1.86. The van der Waals surface area contributed by atoms with Gasteiger partial charge in [0.15, 0.2) is 0 Å². The molecule has 0 radical (unpaired) electrons. The molecule has 0 bridgehead atoms. The van der Waals surface area contributed by atoms with Crippen LogP contribution in [0.4, 0.5) is 17.5 Å². The van der Waals surface area contributed by atoms with Crippen molar-refractivity contribution in [2.45, 2.75) is 13.5 Å². The van der Waals surface area contributed by atoms with E-state index in [1.165, 1.54) is 0 Å². The maximum absolute atomic E-state index is 5.99. The third-order valence-electron chi connectivity index (χ3n) is 2.50. The highest BCUT2D eigenvalue weighted by atomic mass is 35.5. The predicted octanol–water partition coefficient (Wildman–Crippen LogP) is 2.15. The Kier molecular flexibility index (Phi) is 5.14. The molecule has 0 spiro atoms.